The molecule has 0 amide bonds. The predicted octanol–water partition coefficient (Wildman–Crippen LogP) is 3.46. The van der Waals surface area contributed by atoms with Crippen molar-refractivity contribution in [3.8, 4) is 0 Å². The van der Waals surface area contributed by atoms with E-state index in [0.717, 1.165) is 17.5 Å². The van der Waals surface area contributed by atoms with Gasteiger partial charge >= 0.3 is 0 Å². The molecule has 2 rings (SSSR count). The molecule has 0 heterocycles. The van der Waals surface area contributed by atoms with Crippen molar-refractivity contribution in [1.82, 2.24) is 10.6 Å². The van der Waals surface area contributed by atoms with Crippen LogP contribution in [0.2, 0.25) is 0 Å². The highest BCUT2D eigenvalue weighted by Crippen LogP contribution is 2.51. The minimum absolute atomic E-state index is 0.649. The van der Waals surface area contributed by atoms with Crippen molar-refractivity contribution in [3.63, 3.8) is 0 Å². The molecule has 0 saturated heterocycles. The maximum Gasteiger partial charge on any atom is 0.00800 e. The maximum absolute atomic E-state index is 3.78. The van der Waals surface area contributed by atoms with Gasteiger partial charge in [-0.1, -0.05) is 20.8 Å². The molecule has 1 atom stereocenters. The highest BCUT2D eigenvalue weighted by Gasteiger charge is 2.45. The predicted molar refractivity (Wildman–Crippen MR) is 78.9 cm³/mol. The Kier molecular flexibility index (Phi) is 4.71. The molecule has 2 saturated carbocycles. The molecule has 2 aliphatic carbocycles. The van der Waals surface area contributed by atoms with Gasteiger partial charge in [-0.3, -0.25) is 0 Å². The molecule has 2 nitrogen and oxygen atoms in total. The Hall–Kier alpha value is -0.0800. The minimum Gasteiger partial charge on any atom is -0.312 e. The Balaban J connectivity index is 1.68. The second-order valence-electron chi connectivity index (χ2n) is 7.18. The molecule has 2 fully saturated rings. The highest BCUT2D eigenvalue weighted by atomic mass is 15.0. The van der Waals surface area contributed by atoms with Crippen LogP contribution >= 0.6 is 0 Å². The van der Waals surface area contributed by atoms with Crippen molar-refractivity contribution in [2.45, 2.75) is 96.8 Å². The Morgan fingerprint density at radius 1 is 1.00 bits per heavy atom. The Morgan fingerprint density at radius 2 is 1.61 bits per heavy atom. The maximum atomic E-state index is 3.78. The van der Waals surface area contributed by atoms with Gasteiger partial charge in [0.1, 0.15) is 0 Å². The second-order valence-corrected chi connectivity index (χ2v) is 7.18. The summed E-state index contributed by atoms with van der Waals surface area (Å²) in [6.07, 6.45) is 9.83. The zero-order valence-corrected chi connectivity index (χ0v) is 12.8. The third-order valence-corrected chi connectivity index (χ3v) is 5.11. The van der Waals surface area contributed by atoms with E-state index >= 15 is 0 Å². The van der Waals surface area contributed by atoms with Crippen molar-refractivity contribution < 1.29 is 0 Å². The molecule has 1 spiro atoms. The third-order valence-electron chi connectivity index (χ3n) is 5.11. The molecule has 0 aliphatic heterocycles. The normalized spacial score (nSPS) is 37.8. The molecule has 106 valence electrons. The summed E-state index contributed by atoms with van der Waals surface area (Å²) in [6, 6.07) is 2.95. The van der Waals surface area contributed by atoms with Crippen LogP contribution in [0, 0.1) is 5.41 Å². The molecular weight excluding hydrogens is 220 g/mol. The van der Waals surface area contributed by atoms with E-state index in [1.165, 1.54) is 44.9 Å². The van der Waals surface area contributed by atoms with Crippen LogP contribution < -0.4 is 10.6 Å². The van der Waals surface area contributed by atoms with Gasteiger partial charge in [0.25, 0.3) is 0 Å². The monoisotopic (exact) mass is 252 g/mol. The zero-order valence-electron chi connectivity index (χ0n) is 12.8. The van der Waals surface area contributed by atoms with Gasteiger partial charge in [-0.25, -0.2) is 0 Å². The molecule has 0 aromatic heterocycles. The summed E-state index contributed by atoms with van der Waals surface area (Å²) < 4.78 is 0. The average Bonchev–Trinajstić information content (AvgIpc) is 2.29. The molecule has 0 bridgehead atoms. The molecule has 2 N–H and O–H groups in total. The van der Waals surface area contributed by atoms with E-state index in [0.29, 0.717) is 12.1 Å². The van der Waals surface area contributed by atoms with Crippen LogP contribution in [0.5, 0.6) is 0 Å². The first-order valence-electron chi connectivity index (χ1n) is 8.05. The van der Waals surface area contributed by atoms with Gasteiger partial charge in [0.05, 0.1) is 0 Å². The number of nitrogens with one attached hydrogen (secondary N) is 2. The minimum atomic E-state index is 0.649. The van der Waals surface area contributed by atoms with E-state index in [1.807, 2.05) is 0 Å². The van der Waals surface area contributed by atoms with Crippen molar-refractivity contribution in [2.24, 2.45) is 5.41 Å². The second kappa shape index (κ2) is 5.92. The fraction of sp³-hybridized carbons (Fsp3) is 1.00. The summed E-state index contributed by atoms with van der Waals surface area (Å²) in [4.78, 5) is 0. The lowest BCUT2D eigenvalue weighted by Gasteiger charge is -2.52. The lowest BCUT2D eigenvalue weighted by atomic mass is 9.57. The number of hydrogen-bond acceptors (Lipinski definition) is 2. The first-order valence-corrected chi connectivity index (χ1v) is 8.05. The summed E-state index contributed by atoms with van der Waals surface area (Å²) in [6.45, 7) is 9.11. The van der Waals surface area contributed by atoms with E-state index in [1.54, 1.807) is 0 Å². The Bertz CT molecular complexity index is 246. The molecule has 2 aliphatic rings. The fourth-order valence-corrected chi connectivity index (χ4v) is 3.90. The van der Waals surface area contributed by atoms with Crippen LogP contribution in [0.4, 0.5) is 0 Å². The summed E-state index contributed by atoms with van der Waals surface area (Å²) in [5, 5.41) is 7.47. The largest absolute Gasteiger partial charge is 0.312 e. The van der Waals surface area contributed by atoms with Gasteiger partial charge in [-0.2, -0.15) is 0 Å². The van der Waals surface area contributed by atoms with Gasteiger partial charge in [0.15, 0.2) is 0 Å². The van der Waals surface area contributed by atoms with Crippen molar-refractivity contribution in [1.29, 1.82) is 0 Å². The summed E-state index contributed by atoms with van der Waals surface area (Å²) in [5.74, 6) is 0. The highest BCUT2D eigenvalue weighted by molar-refractivity contribution is 5.01. The van der Waals surface area contributed by atoms with E-state index in [2.05, 4.69) is 38.3 Å². The van der Waals surface area contributed by atoms with Crippen LogP contribution in [0.15, 0.2) is 0 Å². The first kappa shape index (κ1) is 14.3. The van der Waals surface area contributed by atoms with Crippen molar-refractivity contribution in [2.75, 3.05) is 0 Å². The van der Waals surface area contributed by atoms with Crippen molar-refractivity contribution in [3.05, 3.63) is 0 Å². The fourth-order valence-electron chi connectivity index (χ4n) is 3.90. The van der Waals surface area contributed by atoms with Crippen molar-refractivity contribution >= 4 is 0 Å². The van der Waals surface area contributed by atoms with E-state index in [9.17, 15) is 0 Å². The quantitative estimate of drug-likeness (QED) is 0.783. The molecule has 18 heavy (non-hydrogen) atoms. The standard InChI is InChI=1S/C16H32N2/c1-5-13(4)18-14-6-8-16(9-7-14)10-15(11-16)17-12(2)3/h12-15,17-18H,5-11H2,1-4H3. The zero-order chi connectivity index (χ0) is 13.2. The topological polar surface area (TPSA) is 24.1 Å². The van der Waals surface area contributed by atoms with Gasteiger partial charge < -0.3 is 10.6 Å². The molecule has 2 heteroatoms. The third kappa shape index (κ3) is 3.48. The molecule has 0 radical (unpaired) electrons. The van der Waals surface area contributed by atoms with Crippen LogP contribution in [-0.2, 0) is 0 Å². The van der Waals surface area contributed by atoms with Crippen LogP contribution in [0.3, 0.4) is 0 Å². The molecule has 1 unspecified atom stereocenters. The van der Waals surface area contributed by atoms with E-state index < -0.39 is 0 Å². The number of rotatable bonds is 5. The van der Waals surface area contributed by atoms with Gasteiger partial charge in [0.2, 0.25) is 0 Å². The van der Waals surface area contributed by atoms with E-state index in [4.69, 9.17) is 0 Å². The first-order chi connectivity index (χ1) is 8.53. The smallest absolute Gasteiger partial charge is 0.00800 e. The molecule has 0 aromatic carbocycles. The lowest BCUT2D eigenvalue weighted by molar-refractivity contribution is 0.0246. The number of hydrogen-bond donors (Lipinski definition) is 2. The van der Waals surface area contributed by atoms with E-state index in [-0.39, 0.29) is 0 Å². The van der Waals surface area contributed by atoms with Crippen LogP contribution in [0.1, 0.15) is 72.6 Å². The summed E-state index contributed by atoms with van der Waals surface area (Å²) >= 11 is 0. The molecule has 0 aromatic rings. The summed E-state index contributed by atoms with van der Waals surface area (Å²) in [5.41, 5.74) is 0.722. The van der Waals surface area contributed by atoms with Crippen LogP contribution in [-0.4, -0.2) is 24.2 Å². The van der Waals surface area contributed by atoms with Crippen LogP contribution in [0.25, 0.3) is 0 Å². The summed E-state index contributed by atoms with van der Waals surface area (Å²) in [7, 11) is 0. The Labute approximate surface area is 113 Å². The van der Waals surface area contributed by atoms with Gasteiger partial charge in [-0.15, -0.1) is 0 Å². The van der Waals surface area contributed by atoms with Gasteiger partial charge in [0, 0.05) is 24.2 Å². The molecular formula is C16H32N2. The average molecular weight is 252 g/mol. The SMILES string of the molecule is CCC(C)NC1CCC2(CC1)CC(NC(C)C)C2. The van der Waals surface area contributed by atoms with Gasteiger partial charge in [-0.05, 0) is 57.3 Å². The lowest BCUT2D eigenvalue weighted by Crippen LogP contribution is -2.53. The Morgan fingerprint density at radius 3 is 2.11 bits per heavy atom.